The number of rotatable bonds is 8. The minimum absolute atomic E-state index is 0.285. The fourth-order valence-electron chi connectivity index (χ4n) is 1.37. The number of aliphatic hydroxyl groups is 1. The number of hydrogen-bond donors (Lipinski definition) is 2. The third-order valence-corrected chi connectivity index (χ3v) is 2.18. The van der Waals surface area contributed by atoms with E-state index in [1.165, 1.54) is 0 Å². The van der Waals surface area contributed by atoms with Crippen molar-refractivity contribution in [1.82, 2.24) is 5.32 Å². The molecule has 0 spiro atoms. The molecule has 0 radical (unpaired) electrons. The fourth-order valence-corrected chi connectivity index (χ4v) is 1.37. The van der Waals surface area contributed by atoms with E-state index in [4.69, 9.17) is 9.84 Å². The van der Waals surface area contributed by atoms with Crippen LogP contribution in [0.4, 0.5) is 0 Å². The third-order valence-electron chi connectivity index (χ3n) is 2.18. The van der Waals surface area contributed by atoms with E-state index in [-0.39, 0.29) is 6.61 Å². The Balaban J connectivity index is 3.53. The fraction of sp³-hybridized carbons (Fsp3) is 1.00. The molecule has 0 bridgehead atoms. The molecule has 0 aliphatic rings. The smallest absolute Gasteiger partial charge is 0.0615 e. The maximum Gasteiger partial charge on any atom is 0.0615 e. The van der Waals surface area contributed by atoms with Crippen molar-refractivity contribution in [3.8, 4) is 0 Å². The number of hydrogen-bond acceptors (Lipinski definition) is 3. The first-order valence-corrected chi connectivity index (χ1v) is 5.10. The number of nitrogens with one attached hydrogen (secondary N) is 1. The van der Waals surface area contributed by atoms with Gasteiger partial charge in [-0.25, -0.2) is 0 Å². The molecule has 3 nitrogen and oxygen atoms in total. The van der Waals surface area contributed by atoms with Gasteiger partial charge in [-0.1, -0.05) is 6.92 Å². The Morgan fingerprint density at radius 2 is 2.15 bits per heavy atom. The topological polar surface area (TPSA) is 41.5 Å². The highest BCUT2D eigenvalue weighted by atomic mass is 16.5. The van der Waals surface area contributed by atoms with E-state index in [0.29, 0.717) is 12.1 Å². The van der Waals surface area contributed by atoms with Crippen molar-refractivity contribution in [1.29, 1.82) is 0 Å². The summed E-state index contributed by atoms with van der Waals surface area (Å²) < 4.78 is 5.09. The molecule has 0 aromatic carbocycles. The molecular formula is C10H23NO2. The number of ether oxygens (including phenoxy) is 1. The lowest BCUT2D eigenvalue weighted by molar-refractivity contribution is 0.157. The lowest BCUT2D eigenvalue weighted by Crippen LogP contribution is -2.39. The van der Waals surface area contributed by atoms with Gasteiger partial charge >= 0.3 is 0 Å². The van der Waals surface area contributed by atoms with E-state index in [1.807, 2.05) is 0 Å². The average molecular weight is 189 g/mol. The largest absolute Gasteiger partial charge is 0.396 e. The minimum atomic E-state index is 0.285. The summed E-state index contributed by atoms with van der Waals surface area (Å²) in [4.78, 5) is 0. The molecule has 2 unspecified atom stereocenters. The summed E-state index contributed by atoms with van der Waals surface area (Å²) in [5.41, 5.74) is 0. The highest BCUT2D eigenvalue weighted by molar-refractivity contribution is 4.69. The molecule has 80 valence electrons. The molecular weight excluding hydrogens is 166 g/mol. The second-order valence-corrected chi connectivity index (χ2v) is 3.49. The molecule has 0 rings (SSSR count). The van der Waals surface area contributed by atoms with Gasteiger partial charge in [-0.05, 0) is 26.2 Å². The van der Waals surface area contributed by atoms with Gasteiger partial charge in [0.25, 0.3) is 0 Å². The molecule has 0 amide bonds. The molecule has 0 aliphatic heterocycles. The summed E-state index contributed by atoms with van der Waals surface area (Å²) in [5, 5.41) is 12.1. The van der Waals surface area contributed by atoms with Gasteiger partial charge in [-0.15, -0.1) is 0 Å². The zero-order chi connectivity index (χ0) is 10.1. The van der Waals surface area contributed by atoms with Crippen LogP contribution in [0.1, 0.15) is 33.1 Å². The van der Waals surface area contributed by atoms with Crippen LogP contribution in [0.25, 0.3) is 0 Å². The standard InChI is InChI=1S/C10H23NO2/c1-4-10(8-13-3)11-9(2)6-5-7-12/h9-12H,4-8H2,1-3H3. The van der Waals surface area contributed by atoms with Crippen LogP contribution >= 0.6 is 0 Å². The molecule has 0 aromatic heterocycles. The predicted molar refractivity (Wildman–Crippen MR) is 54.9 cm³/mol. The van der Waals surface area contributed by atoms with Gasteiger partial charge in [0.1, 0.15) is 0 Å². The average Bonchev–Trinajstić information content (AvgIpc) is 2.14. The molecule has 0 aromatic rings. The van der Waals surface area contributed by atoms with E-state index >= 15 is 0 Å². The summed E-state index contributed by atoms with van der Waals surface area (Å²) in [6.07, 6.45) is 2.98. The SMILES string of the molecule is CCC(COC)NC(C)CCCO. The van der Waals surface area contributed by atoms with Crippen molar-refractivity contribution in [3.05, 3.63) is 0 Å². The lowest BCUT2D eigenvalue weighted by atomic mass is 10.1. The van der Waals surface area contributed by atoms with Crippen molar-refractivity contribution in [2.24, 2.45) is 0 Å². The van der Waals surface area contributed by atoms with Crippen LogP contribution in [-0.2, 0) is 4.74 Å². The van der Waals surface area contributed by atoms with Crippen LogP contribution in [-0.4, -0.2) is 37.5 Å². The number of aliphatic hydroxyl groups excluding tert-OH is 1. The molecule has 0 aliphatic carbocycles. The van der Waals surface area contributed by atoms with Gasteiger partial charge in [0, 0.05) is 25.8 Å². The summed E-state index contributed by atoms with van der Waals surface area (Å²) >= 11 is 0. The zero-order valence-electron chi connectivity index (χ0n) is 9.05. The molecule has 2 N–H and O–H groups in total. The Labute approximate surface area is 81.5 Å². The van der Waals surface area contributed by atoms with Crippen LogP contribution in [0, 0.1) is 0 Å². The zero-order valence-corrected chi connectivity index (χ0v) is 9.05. The summed E-state index contributed by atoms with van der Waals surface area (Å²) in [5.74, 6) is 0. The van der Waals surface area contributed by atoms with Crippen molar-refractivity contribution < 1.29 is 9.84 Å². The van der Waals surface area contributed by atoms with Gasteiger partial charge in [0.05, 0.1) is 6.61 Å². The molecule has 0 saturated heterocycles. The maximum absolute atomic E-state index is 8.66. The molecule has 0 heterocycles. The van der Waals surface area contributed by atoms with Crippen LogP contribution in [0.15, 0.2) is 0 Å². The van der Waals surface area contributed by atoms with Crippen molar-refractivity contribution in [2.75, 3.05) is 20.3 Å². The van der Waals surface area contributed by atoms with E-state index in [0.717, 1.165) is 25.9 Å². The summed E-state index contributed by atoms with van der Waals surface area (Å²) in [6, 6.07) is 0.908. The van der Waals surface area contributed by atoms with Crippen LogP contribution < -0.4 is 5.32 Å². The Bertz CT molecular complexity index is 109. The van der Waals surface area contributed by atoms with Crippen LogP contribution in [0.5, 0.6) is 0 Å². The minimum Gasteiger partial charge on any atom is -0.396 e. The second kappa shape index (κ2) is 8.48. The summed E-state index contributed by atoms with van der Waals surface area (Å²) in [6.45, 7) is 5.34. The Morgan fingerprint density at radius 3 is 2.62 bits per heavy atom. The molecule has 3 heteroatoms. The predicted octanol–water partition coefficient (Wildman–Crippen LogP) is 1.16. The Hall–Kier alpha value is -0.120. The van der Waals surface area contributed by atoms with Gasteiger partial charge in [0.2, 0.25) is 0 Å². The Morgan fingerprint density at radius 1 is 1.46 bits per heavy atom. The van der Waals surface area contributed by atoms with E-state index in [2.05, 4.69) is 19.2 Å². The van der Waals surface area contributed by atoms with Crippen molar-refractivity contribution >= 4 is 0 Å². The maximum atomic E-state index is 8.66. The molecule has 13 heavy (non-hydrogen) atoms. The van der Waals surface area contributed by atoms with E-state index < -0.39 is 0 Å². The van der Waals surface area contributed by atoms with Crippen LogP contribution in [0.3, 0.4) is 0 Å². The van der Waals surface area contributed by atoms with E-state index in [1.54, 1.807) is 7.11 Å². The van der Waals surface area contributed by atoms with Crippen LogP contribution in [0.2, 0.25) is 0 Å². The second-order valence-electron chi connectivity index (χ2n) is 3.49. The van der Waals surface area contributed by atoms with E-state index in [9.17, 15) is 0 Å². The monoisotopic (exact) mass is 189 g/mol. The highest BCUT2D eigenvalue weighted by Gasteiger charge is 2.08. The van der Waals surface area contributed by atoms with Gasteiger partial charge in [-0.3, -0.25) is 0 Å². The van der Waals surface area contributed by atoms with Gasteiger partial charge in [-0.2, -0.15) is 0 Å². The first-order chi connectivity index (χ1) is 6.24. The van der Waals surface area contributed by atoms with Gasteiger partial charge < -0.3 is 15.2 Å². The summed E-state index contributed by atoms with van der Waals surface area (Å²) in [7, 11) is 1.72. The first kappa shape index (κ1) is 12.9. The third kappa shape index (κ3) is 6.99. The highest BCUT2D eigenvalue weighted by Crippen LogP contribution is 1.99. The van der Waals surface area contributed by atoms with Crippen molar-refractivity contribution in [2.45, 2.75) is 45.2 Å². The molecule has 0 fully saturated rings. The first-order valence-electron chi connectivity index (χ1n) is 5.10. The number of methoxy groups -OCH3 is 1. The quantitative estimate of drug-likeness (QED) is 0.602. The van der Waals surface area contributed by atoms with Gasteiger partial charge in [0.15, 0.2) is 0 Å². The lowest BCUT2D eigenvalue weighted by Gasteiger charge is -2.21. The normalized spacial score (nSPS) is 15.7. The Kier molecular flexibility index (Phi) is 8.40. The molecule has 2 atom stereocenters. The van der Waals surface area contributed by atoms with Crippen molar-refractivity contribution in [3.63, 3.8) is 0 Å². The molecule has 0 saturated carbocycles.